The van der Waals surface area contributed by atoms with Gasteiger partial charge in [0.25, 0.3) is 0 Å². The van der Waals surface area contributed by atoms with Gasteiger partial charge in [-0.25, -0.2) is 0 Å². The third-order valence-corrected chi connectivity index (χ3v) is 2.72. The van der Waals surface area contributed by atoms with E-state index >= 15 is 0 Å². The summed E-state index contributed by atoms with van der Waals surface area (Å²) >= 11 is 0. The van der Waals surface area contributed by atoms with Crippen LogP contribution in [-0.4, -0.2) is 31.1 Å². The van der Waals surface area contributed by atoms with Gasteiger partial charge in [-0.1, -0.05) is 18.2 Å². The molecule has 15 heavy (non-hydrogen) atoms. The summed E-state index contributed by atoms with van der Waals surface area (Å²) in [7, 11) is 0. The van der Waals surface area contributed by atoms with Gasteiger partial charge in [-0.2, -0.15) is 0 Å². The van der Waals surface area contributed by atoms with Gasteiger partial charge < -0.3 is 4.74 Å². The highest BCUT2D eigenvalue weighted by Gasteiger charge is 2.09. The van der Waals surface area contributed by atoms with Gasteiger partial charge in [0.15, 0.2) is 0 Å². The molecule has 1 saturated heterocycles. The molecular formula is C13H18NO. The van der Waals surface area contributed by atoms with E-state index in [4.69, 9.17) is 4.74 Å². The first-order valence-electron chi connectivity index (χ1n) is 5.67. The second kappa shape index (κ2) is 5.76. The van der Waals surface area contributed by atoms with Crippen LogP contribution in [0.2, 0.25) is 0 Å². The van der Waals surface area contributed by atoms with E-state index in [1.54, 1.807) is 0 Å². The lowest BCUT2D eigenvalue weighted by Crippen LogP contribution is -2.33. The number of para-hydroxylation sites is 1. The van der Waals surface area contributed by atoms with E-state index in [0.29, 0.717) is 0 Å². The number of rotatable bonds is 4. The van der Waals surface area contributed by atoms with Crippen LogP contribution in [0.15, 0.2) is 30.3 Å². The number of likely N-dealkylation sites (tertiary alicyclic amines) is 1. The van der Waals surface area contributed by atoms with Gasteiger partial charge in [-0.15, -0.1) is 0 Å². The van der Waals surface area contributed by atoms with E-state index in [1.807, 2.05) is 30.3 Å². The molecule has 0 atom stereocenters. The normalized spacial score (nSPS) is 17.6. The van der Waals surface area contributed by atoms with Gasteiger partial charge in [0, 0.05) is 6.54 Å². The lowest BCUT2D eigenvalue weighted by Gasteiger charge is -2.25. The minimum Gasteiger partial charge on any atom is -0.492 e. The molecule has 0 saturated carbocycles. The fourth-order valence-corrected chi connectivity index (χ4v) is 1.84. The highest BCUT2D eigenvalue weighted by atomic mass is 16.5. The molecule has 1 aliphatic heterocycles. The Morgan fingerprint density at radius 2 is 1.80 bits per heavy atom. The van der Waals surface area contributed by atoms with Crippen molar-refractivity contribution in [1.29, 1.82) is 0 Å². The molecule has 1 aromatic carbocycles. The maximum Gasteiger partial charge on any atom is 0.119 e. The maximum absolute atomic E-state index is 5.66. The third kappa shape index (κ3) is 3.56. The topological polar surface area (TPSA) is 12.5 Å². The smallest absolute Gasteiger partial charge is 0.119 e. The molecule has 2 rings (SSSR count). The third-order valence-electron chi connectivity index (χ3n) is 2.72. The Balaban J connectivity index is 1.66. The minimum absolute atomic E-state index is 0.796. The predicted molar refractivity (Wildman–Crippen MR) is 61.9 cm³/mol. The summed E-state index contributed by atoms with van der Waals surface area (Å²) in [5.74, 6) is 0.973. The Morgan fingerprint density at radius 3 is 2.53 bits per heavy atom. The zero-order chi connectivity index (χ0) is 10.3. The van der Waals surface area contributed by atoms with Crippen molar-refractivity contribution in [2.45, 2.75) is 12.8 Å². The summed E-state index contributed by atoms with van der Waals surface area (Å²) < 4.78 is 5.66. The van der Waals surface area contributed by atoms with Gasteiger partial charge in [0.2, 0.25) is 0 Å². The predicted octanol–water partition coefficient (Wildman–Crippen LogP) is 2.37. The van der Waals surface area contributed by atoms with E-state index < -0.39 is 0 Å². The molecule has 1 aromatic rings. The van der Waals surface area contributed by atoms with E-state index in [2.05, 4.69) is 11.3 Å². The van der Waals surface area contributed by atoms with Gasteiger partial charge in [0.1, 0.15) is 12.4 Å². The standard InChI is InChI=1S/C13H18NO/c1-3-7-13(8-4-1)15-12-11-14-9-5-2-6-10-14/h1-4,7-8H,5-6,9-12H2. The first-order chi connectivity index (χ1) is 7.45. The van der Waals surface area contributed by atoms with E-state index in [-0.39, 0.29) is 0 Å². The van der Waals surface area contributed by atoms with E-state index in [9.17, 15) is 0 Å². The van der Waals surface area contributed by atoms with Crippen molar-refractivity contribution in [1.82, 2.24) is 4.90 Å². The summed E-state index contributed by atoms with van der Waals surface area (Å²) in [5, 5.41) is 0. The van der Waals surface area contributed by atoms with Crippen molar-refractivity contribution in [3.63, 3.8) is 0 Å². The number of hydrogen-bond acceptors (Lipinski definition) is 2. The second-order valence-corrected chi connectivity index (χ2v) is 3.87. The summed E-state index contributed by atoms with van der Waals surface area (Å²) in [6.45, 7) is 4.23. The number of nitrogens with zero attached hydrogens (tertiary/aromatic N) is 1. The van der Waals surface area contributed by atoms with Crippen molar-refractivity contribution >= 4 is 0 Å². The second-order valence-electron chi connectivity index (χ2n) is 3.87. The Bertz CT molecular complexity index is 267. The Hall–Kier alpha value is -1.02. The Labute approximate surface area is 91.9 Å². The average Bonchev–Trinajstić information content (AvgIpc) is 2.32. The van der Waals surface area contributed by atoms with Crippen molar-refractivity contribution < 1.29 is 4.74 Å². The van der Waals surface area contributed by atoms with Crippen LogP contribution in [0.3, 0.4) is 0 Å². The molecule has 1 radical (unpaired) electrons. The van der Waals surface area contributed by atoms with Crippen molar-refractivity contribution in [3.8, 4) is 5.75 Å². The van der Waals surface area contributed by atoms with Gasteiger partial charge >= 0.3 is 0 Å². The lowest BCUT2D eigenvalue weighted by atomic mass is 10.1. The van der Waals surface area contributed by atoms with Crippen LogP contribution in [0.25, 0.3) is 0 Å². The molecular weight excluding hydrogens is 186 g/mol. The Morgan fingerprint density at radius 1 is 1.07 bits per heavy atom. The first-order valence-corrected chi connectivity index (χ1v) is 5.67. The monoisotopic (exact) mass is 204 g/mol. The number of ether oxygens (including phenoxy) is 1. The largest absolute Gasteiger partial charge is 0.492 e. The SMILES string of the molecule is [CH]1CCN(CCOc2ccccc2)CC1. The van der Waals surface area contributed by atoms with Crippen LogP contribution < -0.4 is 4.74 Å². The molecule has 0 unspecified atom stereocenters. The van der Waals surface area contributed by atoms with Crippen LogP contribution in [0.1, 0.15) is 12.8 Å². The molecule has 2 nitrogen and oxygen atoms in total. The van der Waals surface area contributed by atoms with Gasteiger partial charge in [-0.3, -0.25) is 4.90 Å². The highest BCUT2D eigenvalue weighted by Crippen LogP contribution is 2.10. The number of benzene rings is 1. The zero-order valence-electron chi connectivity index (χ0n) is 9.06. The van der Waals surface area contributed by atoms with Gasteiger partial charge in [-0.05, 0) is 44.5 Å². The molecule has 0 N–H and O–H groups in total. The maximum atomic E-state index is 5.66. The van der Waals surface area contributed by atoms with Crippen LogP contribution >= 0.6 is 0 Å². The number of piperidine rings is 1. The quantitative estimate of drug-likeness (QED) is 0.746. The minimum atomic E-state index is 0.796. The summed E-state index contributed by atoms with van der Waals surface area (Å²) in [6, 6.07) is 10.0. The van der Waals surface area contributed by atoms with Crippen molar-refractivity contribution in [3.05, 3.63) is 36.8 Å². The highest BCUT2D eigenvalue weighted by molar-refractivity contribution is 5.20. The summed E-state index contributed by atoms with van der Waals surface area (Å²) in [4.78, 5) is 2.46. The molecule has 81 valence electrons. The molecule has 0 amide bonds. The van der Waals surface area contributed by atoms with Crippen molar-refractivity contribution in [2.24, 2.45) is 0 Å². The van der Waals surface area contributed by atoms with Crippen LogP contribution in [-0.2, 0) is 0 Å². The Kier molecular flexibility index (Phi) is 4.03. The van der Waals surface area contributed by atoms with Gasteiger partial charge in [0.05, 0.1) is 0 Å². The van der Waals surface area contributed by atoms with Crippen LogP contribution in [0, 0.1) is 6.42 Å². The van der Waals surface area contributed by atoms with Crippen molar-refractivity contribution in [2.75, 3.05) is 26.2 Å². The van der Waals surface area contributed by atoms with E-state index in [0.717, 1.165) is 18.9 Å². The molecule has 1 fully saturated rings. The lowest BCUT2D eigenvalue weighted by molar-refractivity contribution is 0.198. The molecule has 1 aliphatic rings. The molecule has 2 heteroatoms. The molecule has 0 aliphatic carbocycles. The molecule has 0 spiro atoms. The first kappa shape index (κ1) is 10.5. The van der Waals surface area contributed by atoms with Crippen LogP contribution in [0.5, 0.6) is 5.75 Å². The average molecular weight is 204 g/mol. The molecule has 0 bridgehead atoms. The molecule has 1 heterocycles. The summed E-state index contributed by atoms with van der Waals surface area (Å²) in [6.07, 6.45) is 4.82. The van der Waals surface area contributed by atoms with E-state index in [1.165, 1.54) is 25.9 Å². The number of hydrogen-bond donors (Lipinski definition) is 0. The van der Waals surface area contributed by atoms with Crippen LogP contribution in [0.4, 0.5) is 0 Å². The fraction of sp³-hybridized carbons (Fsp3) is 0.462. The summed E-state index contributed by atoms with van der Waals surface area (Å²) in [5.41, 5.74) is 0. The zero-order valence-corrected chi connectivity index (χ0v) is 9.06. The molecule has 0 aromatic heterocycles. The fourth-order valence-electron chi connectivity index (χ4n) is 1.84.